The van der Waals surface area contributed by atoms with E-state index in [0.717, 1.165) is 12.2 Å². The van der Waals surface area contributed by atoms with Crippen LogP contribution in [-0.2, 0) is 6.54 Å². The molecule has 16 heavy (non-hydrogen) atoms. The number of thiocarbonyl (C=S) groups is 1. The topological polar surface area (TPSA) is 39.8 Å². The van der Waals surface area contributed by atoms with Crippen LogP contribution < -0.4 is 10.6 Å². The van der Waals surface area contributed by atoms with Crippen LogP contribution in [0.3, 0.4) is 0 Å². The van der Waals surface area contributed by atoms with Crippen LogP contribution in [0.4, 0.5) is 5.69 Å². The molecule has 3 N–H and O–H groups in total. The van der Waals surface area contributed by atoms with Gasteiger partial charge < -0.3 is 15.6 Å². The fourth-order valence-corrected chi connectivity index (χ4v) is 1.55. The molecule has 3 nitrogen and oxygen atoms in total. The Bertz CT molecular complexity index is 437. The SMILES string of the molecule is S=C(NCc1ccccc1)Nc1cc[nH]c1. The first-order valence-corrected chi connectivity index (χ1v) is 5.47. The summed E-state index contributed by atoms with van der Waals surface area (Å²) in [5.74, 6) is 0. The van der Waals surface area contributed by atoms with Gasteiger partial charge in [0.05, 0.1) is 5.69 Å². The van der Waals surface area contributed by atoms with Gasteiger partial charge >= 0.3 is 0 Å². The van der Waals surface area contributed by atoms with E-state index in [1.54, 1.807) is 0 Å². The van der Waals surface area contributed by atoms with Crippen LogP contribution in [0, 0.1) is 0 Å². The smallest absolute Gasteiger partial charge is 0.171 e. The van der Waals surface area contributed by atoms with E-state index in [9.17, 15) is 0 Å². The Morgan fingerprint density at radius 2 is 2.00 bits per heavy atom. The summed E-state index contributed by atoms with van der Waals surface area (Å²) in [4.78, 5) is 2.96. The van der Waals surface area contributed by atoms with Crippen molar-refractivity contribution in [2.24, 2.45) is 0 Å². The van der Waals surface area contributed by atoms with Crippen LogP contribution in [0.15, 0.2) is 48.8 Å². The van der Waals surface area contributed by atoms with Crippen LogP contribution in [-0.4, -0.2) is 10.1 Å². The number of aromatic amines is 1. The molecule has 0 saturated carbocycles. The van der Waals surface area contributed by atoms with Gasteiger partial charge in [0.15, 0.2) is 5.11 Å². The Morgan fingerprint density at radius 3 is 2.69 bits per heavy atom. The Balaban J connectivity index is 1.80. The second kappa shape index (κ2) is 5.32. The fraction of sp³-hybridized carbons (Fsp3) is 0.0833. The molecule has 0 amide bonds. The lowest BCUT2D eigenvalue weighted by Gasteiger charge is -2.08. The lowest BCUT2D eigenvalue weighted by Crippen LogP contribution is -2.27. The minimum atomic E-state index is 0.628. The summed E-state index contributed by atoms with van der Waals surface area (Å²) in [6.07, 6.45) is 3.71. The van der Waals surface area contributed by atoms with Crippen molar-refractivity contribution in [3.05, 3.63) is 54.4 Å². The lowest BCUT2D eigenvalue weighted by atomic mass is 10.2. The maximum atomic E-state index is 5.17. The largest absolute Gasteiger partial charge is 0.366 e. The van der Waals surface area contributed by atoms with E-state index in [1.807, 2.05) is 36.7 Å². The molecular weight excluding hydrogens is 218 g/mol. The summed E-state index contributed by atoms with van der Waals surface area (Å²) < 4.78 is 0. The van der Waals surface area contributed by atoms with E-state index < -0.39 is 0 Å². The summed E-state index contributed by atoms with van der Waals surface area (Å²) in [6, 6.07) is 12.1. The molecule has 0 atom stereocenters. The molecule has 0 unspecified atom stereocenters. The summed E-state index contributed by atoms with van der Waals surface area (Å²) in [5, 5.41) is 6.85. The zero-order valence-electron chi connectivity index (χ0n) is 8.73. The summed E-state index contributed by atoms with van der Waals surface area (Å²) >= 11 is 5.17. The molecule has 0 radical (unpaired) electrons. The van der Waals surface area contributed by atoms with E-state index in [0.29, 0.717) is 5.11 Å². The number of hydrogen-bond donors (Lipinski definition) is 3. The van der Waals surface area contributed by atoms with Gasteiger partial charge in [-0.1, -0.05) is 30.3 Å². The van der Waals surface area contributed by atoms with Gasteiger partial charge in [0, 0.05) is 18.9 Å². The van der Waals surface area contributed by atoms with Gasteiger partial charge in [-0.15, -0.1) is 0 Å². The van der Waals surface area contributed by atoms with Crippen LogP contribution in [0.2, 0.25) is 0 Å². The Hall–Kier alpha value is -1.81. The van der Waals surface area contributed by atoms with Crippen molar-refractivity contribution >= 4 is 23.0 Å². The number of hydrogen-bond acceptors (Lipinski definition) is 1. The van der Waals surface area contributed by atoms with E-state index in [4.69, 9.17) is 12.2 Å². The van der Waals surface area contributed by atoms with E-state index in [-0.39, 0.29) is 0 Å². The zero-order valence-corrected chi connectivity index (χ0v) is 9.55. The Labute approximate surface area is 99.9 Å². The number of H-pyrrole nitrogens is 1. The zero-order chi connectivity index (χ0) is 11.2. The molecule has 0 saturated heterocycles. The number of anilines is 1. The molecule has 4 heteroatoms. The first-order chi connectivity index (χ1) is 7.84. The van der Waals surface area contributed by atoms with Crippen molar-refractivity contribution in [3.63, 3.8) is 0 Å². The fourth-order valence-electron chi connectivity index (χ4n) is 1.36. The second-order valence-corrected chi connectivity index (χ2v) is 3.80. The predicted octanol–water partition coefficient (Wildman–Crippen LogP) is 2.50. The molecule has 1 heterocycles. The van der Waals surface area contributed by atoms with Crippen LogP contribution >= 0.6 is 12.2 Å². The Morgan fingerprint density at radius 1 is 1.19 bits per heavy atom. The maximum Gasteiger partial charge on any atom is 0.171 e. The number of rotatable bonds is 3. The van der Waals surface area contributed by atoms with E-state index in [1.165, 1.54) is 5.56 Å². The van der Waals surface area contributed by atoms with Gasteiger partial charge in [-0.25, -0.2) is 0 Å². The number of aromatic nitrogens is 1. The lowest BCUT2D eigenvalue weighted by molar-refractivity contribution is 0.926. The van der Waals surface area contributed by atoms with Crippen LogP contribution in [0.1, 0.15) is 5.56 Å². The van der Waals surface area contributed by atoms with Crippen molar-refractivity contribution in [1.29, 1.82) is 0 Å². The highest BCUT2D eigenvalue weighted by Gasteiger charge is 1.97. The molecule has 0 bridgehead atoms. The predicted molar refractivity (Wildman–Crippen MR) is 70.3 cm³/mol. The van der Waals surface area contributed by atoms with Crippen molar-refractivity contribution in [3.8, 4) is 0 Å². The van der Waals surface area contributed by atoms with Gasteiger partial charge in [0.2, 0.25) is 0 Å². The highest BCUT2D eigenvalue weighted by Crippen LogP contribution is 2.03. The van der Waals surface area contributed by atoms with Gasteiger partial charge in [-0.2, -0.15) is 0 Å². The van der Waals surface area contributed by atoms with Gasteiger partial charge in [0.25, 0.3) is 0 Å². The summed E-state index contributed by atoms with van der Waals surface area (Å²) in [7, 11) is 0. The average molecular weight is 231 g/mol. The molecular formula is C12H13N3S. The monoisotopic (exact) mass is 231 g/mol. The summed E-state index contributed by atoms with van der Waals surface area (Å²) in [5.41, 5.74) is 2.17. The van der Waals surface area contributed by atoms with Gasteiger partial charge in [-0.3, -0.25) is 0 Å². The van der Waals surface area contributed by atoms with Crippen molar-refractivity contribution in [1.82, 2.24) is 10.3 Å². The maximum absolute atomic E-state index is 5.17. The third-order valence-corrected chi connectivity index (χ3v) is 2.40. The molecule has 82 valence electrons. The molecule has 0 aliphatic rings. The second-order valence-electron chi connectivity index (χ2n) is 3.39. The molecule has 0 fully saturated rings. The van der Waals surface area contributed by atoms with Crippen molar-refractivity contribution < 1.29 is 0 Å². The standard InChI is InChI=1S/C12H13N3S/c16-12(15-11-6-7-13-9-11)14-8-10-4-2-1-3-5-10/h1-7,9,13H,8H2,(H2,14,15,16). The van der Waals surface area contributed by atoms with Crippen molar-refractivity contribution in [2.75, 3.05) is 5.32 Å². The molecule has 0 spiro atoms. The quantitative estimate of drug-likeness (QED) is 0.711. The molecule has 0 aliphatic carbocycles. The molecule has 2 rings (SSSR count). The first kappa shape index (κ1) is 10.7. The van der Waals surface area contributed by atoms with Crippen LogP contribution in [0.25, 0.3) is 0 Å². The summed E-state index contributed by atoms with van der Waals surface area (Å²) in [6.45, 7) is 0.733. The number of benzene rings is 1. The van der Waals surface area contributed by atoms with Gasteiger partial charge in [0.1, 0.15) is 0 Å². The number of nitrogens with one attached hydrogen (secondary N) is 3. The third-order valence-electron chi connectivity index (χ3n) is 2.15. The highest BCUT2D eigenvalue weighted by atomic mass is 32.1. The van der Waals surface area contributed by atoms with E-state index in [2.05, 4.69) is 27.8 Å². The van der Waals surface area contributed by atoms with Gasteiger partial charge in [-0.05, 0) is 23.8 Å². The van der Waals surface area contributed by atoms with Crippen LogP contribution in [0.5, 0.6) is 0 Å². The molecule has 1 aromatic heterocycles. The molecule has 2 aromatic rings. The highest BCUT2D eigenvalue weighted by molar-refractivity contribution is 7.80. The minimum Gasteiger partial charge on any atom is -0.366 e. The molecule has 0 aliphatic heterocycles. The Kier molecular flexibility index (Phi) is 3.56. The normalized spacial score (nSPS) is 9.75. The first-order valence-electron chi connectivity index (χ1n) is 5.06. The third kappa shape index (κ3) is 3.10. The molecule has 1 aromatic carbocycles. The van der Waals surface area contributed by atoms with Crippen molar-refractivity contribution in [2.45, 2.75) is 6.54 Å². The average Bonchev–Trinajstić information content (AvgIpc) is 2.81. The van der Waals surface area contributed by atoms with E-state index >= 15 is 0 Å². The minimum absolute atomic E-state index is 0.628.